The van der Waals surface area contributed by atoms with E-state index in [1.54, 1.807) is 0 Å². The van der Waals surface area contributed by atoms with Gasteiger partial charge >= 0.3 is 0 Å². The molecular formula is C10H19N3. The Kier molecular flexibility index (Phi) is 2.76. The first-order chi connectivity index (χ1) is 5.96. The number of imidazole rings is 1. The van der Waals surface area contributed by atoms with Crippen LogP contribution in [0.3, 0.4) is 0 Å². The summed E-state index contributed by atoms with van der Waals surface area (Å²) >= 11 is 0. The summed E-state index contributed by atoms with van der Waals surface area (Å²) in [5.74, 6) is 1.09. The topological polar surface area (TPSA) is 29.9 Å². The average Bonchev–Trinajstić information content (AvgIpc) is 2.32. The second-order valence-corrected chi connectivity index (χ2v) is 4.40. The van der Waals surface area contributed by atoms with Crippen LogP contribution in [0.15, 0.2) is 6.20 Å². The van der Waals surface area contributed by atoms with Gasteiger partial charge in [0.2, 0.25) is 0 Å². The molecule has 0 aromatic carbocycles. The van der Waals surface area contributed by atoms with Crippen LogP contribution in [-0.2, 0) is 19.0 Å². The molecule has 1 heterocycles. The molecule has 1 N–H and O–H groups in total. The van der Waals surface area contributed by atoms with Crippen LogP contribution in [0.1, 0.15) is 32.3 Å². The fourth-order valence-electron chi connectivity index (χ4n) is 1.47. The number of nitrogens with zero attached hydrogens (tertiary/aromatic N) is 2. The summed E-state index contributed by atoms with van der Waals surface area (Å²) in [6.45, 7) is 7.43. The molecule has 0 atom stereocenters. The van der Waals surface area contributed by atoms with Crippen molar-refractivity contribution in [1.29, 1.82) is 0 Å². The fraction of sp³-hybridized carbons (Fsp3) is 0.700. The maximum Gasteiger partial charge on any atom is 0.122 e. The predicted octanol–water partition coefficient (Wildman–Crippen LogP) is 1.44. The number of hydrogen-bond acceptors (Lipinski definition) is 2. The zero-order valence-electron chi connectivity index (χ0n) is 9.18. The van der Waals surface area contributed by atoms with Crippen molar-refractivity contribution in [2.75, 3.05) is 7.05 Å². The molecule has 0 saturated heterocycles. The first-order valence-electron chi connectivity index (χ1n) is 4.62. The van der Waals surface area contributed by atoms with Gasteiger partial charge in [0.05, 0.1) is 6.54 Å². The van der Waals surface area contributed by atoms with Gasteiger partial charge in [0, 0.05) is 24.4 Å². The van der Waals surface area contributed by atoms with Gasteiger partial charge in [-0.15, -0.1) is 0 Å². The molecule has 0 aliphatic heterocycles. The van der Waals surface area contributed by atoms with Crippen LogP contribution in [0.5, 0.6) is 0 Å². The molecule has 0 aliphatic carbocycles. The Morgan fingerprint density at radius 1 is 1.46 bits per heavy atom. The lowest BCUT2D eigenvalue weighted by Crippen LogP contribution is -2.18. The van der Waals surface area contributed by atoms with E-state index in [-0.39, 0.29) is 5.41 Å². The van der Waals surface area contributed by atoms with Crippen molar-refractivity contribution in [3.05, 3.63) is 17.7 Å². The number of rotatable bonds is 2. The molecule has 74 valence electrons. The van der Waals surface area contributed by atoms with Crippen molar-refractivity contribution in [2.24, 2.45) is 7.05 Å². The van der Waals surface area contributed by atoms with Crippen molar-refractivity contribution in [2.45, 2.75) is 32.7 Å². The minimum Gasteiger partial charge on any atom is -0.334 e. The third-order valence-corrected chi connectivity index (χ3v) is 2.19. The van der Waals surface area contributed by atoms with Crippen LogP contribution in [0.2, 0.25) is 0 Å². The summed E-state index contributed by atoms with van der Waals surface area (Å²) in [4.78, 5) is 4.37. The molecule has 0 fully saturated rings. The van der Waals surface area contributed by atoms with E-state index >= 15 is 0 Å². The summed E-state index contributed by atoms with van der Waals surface area (Å²) in [6, 6.07) is 0. The molecular weight excluding hydrogens is 162 g/mol. The van der Waals surface area contributed by atoms with Crippen LogP contribution < -0.4 is 5.32 Å². The first kappa shape index (κ1) is 10.3. The van der Waals surface area contributed by atoms with E-state index in [9.17, 15) is 0 Å². The molecule has 0 aliphatic rings. The molecule has 1 aromatic rings. The molecule has 0 saturated carbocycles. The van der Waals surface area contributed by atoms with E-state index in [1.807, 2.05) is 13.2 Å². The first-order valence-corrected chi connectivity index (χ1v) is 4.62. The SMILES string of the molecule is CNCc1ncc(C(C)(C)C)n1C. The molecule has 0 bridgehead atoms. The second-order valence-electron chi connectivity index (χ2n) is 4.40. The molecule has 0 spiro atoms. The summed E-state index contributed by atoms with van der Waals surface area (Å²) < 4.78 is 2.16. The van der Waals surface area contributed by atoms with Gasteiger partial charge in [-0.1, -0.05) is 20.8 Å². The van der Waals surface area contributed by atoms with E-state index < -0.39 is 0 Å². The zero-order chi connectivity index (χ0) is 10.1. The predicted molar refractivity (Wildman–Crippen MR) is 54.7 cm³/mol. The maximum absolute atomic E-state index is 4.37. The zero-order valence-corrected chi connectivity index (χ0v) is 9.18. The van der Waals surface area contributed by atoms with Gasteiger partial charge in [-0.05, 0) is 7.05 Å². The van der Waals surface area contributed by atoms with Crippen molar-refractivity contribution in [3.8, 4) is 0 Å². The highest BCUT2D eigenvalue weighted by Crippen LogP contribution is 2.21. The van der Waals surface area contributed by atoms with E-state index in [2.05, 4.69) is 42.7 Å². The molecule has 1 aromatic heterocycles. The Morgan fingerprint density at radius 2 is 2.08 bits per heavy atom. The van der Waals surface area contributed by atoms with Crippen LogP contribution >= 0.6 is 0 Å². The second kappa shape index (κ2) is 3.50. The largest absolute Gasteiger partial charge is 0.334 e. The highest BCUT2D eigenvalue weighted by molar-refractivity contribution is 5.14. The monoisotopic (exact) mass is 181 g/mol. The van der Waals surface area contributed by atoms with Gasteiger partial charge in [0.15, 0.2) is 0 Å². The van der Waals surface area contributed by atoms with Gasteiger partial charge in [-0.2, -0.15) is 0 Å². The summed E-state index contributed by atoms with van der Waals surface area (Å²) in [5, 5.41) is 3.11. The molecule has 0 amide bonds. The van der Waals surface area contributed by atoms with E-state index in [0.717, 1.165) is 12.4 Å². The number of nitrogens with one attached hydrogen (secondary N) is 1. The molecule has 0 radical (unpaired) electrons. The summed E-state index contributed by atoms with van der Waals surface area (Å²) in [5.41, 5.74) is 1.45. The smallest absolute Gasteiger partial charge is 0.122 e. The molecule has 3 nitrogen and oxygen atoms in total. The minimum absolute atomic E-state index is 0.174. The van der Waals surface area contributed by atoms with Gasteiger partial charge in [-0.3, -0.25) is 0 Å². The number of aromatic nitrogens is 2. The molecule has 0 unspecified atom stereocenters. The Balaban J connectivity index is 2.99. The molecule has 1 rings (SSSR count). The highest BCUT2D eigenvalue weighted by atomic mass is 15.1. The van der Waals surface area contributed by atoms with Crippen molar-refractivity contribution < 1.29 is 0 Å². The Morgan fingerprint density at radius 3 is 2.46 bits per heavy atom. The summed E-state index contributed by atoms with van der Waals surface area (Å²) in [7, 11) is 4.01. The van der Waals surface area contributed by atoms with Crippen LogP contribution in [0.25, 0.3) is 0 Å². The lowest BCUT2D eigenvalue weighted by atomic mass is 9.93. The van der Waals surface area contributed by atoms with Crippen molar-refractivity contribution in [3.63, 3.8) is 0 Å². The van der Waals surface area contributed by atoms with Gasteiger partial charge in [-0.25, -0.2) is 4.98 Å². The third-order valence-electron chi connectivity index (χ3n) is 2.19. The van der Waals surface area contributed by atoms with Crippen molar-refractivity contribution in [1.82, 2.24) is 14.9 Å². The van der Waals surface area contributed by atoms with Crippen molar-refractivity contribution >= 4 is 0 Å². The molecule has 13 heavy (non-hydrogen) atoms. The quantitative estimate of drug-likeness (QED) is 0.748. The Bertz CT molecular complexity index is 281. The van der Waals surface area contributed by atoms with E-state index in [1.165, 1.54) is 5.69 Å². The third kappa shape index (κ3) is 2.10. The van der Waals surface area contributed by atoms with Gasteiger partial charge in [0.25, 0.3) is 0 Å². The van der Waals surface area contributed by atoms with E-state index in [0.29, 0.717) is 0 Å². The van der Waals surface area contributed by atoms with Gasteiger partial charge in [0.1, 0.15) is 5.82 Å². The summed E-state index contributed by atoms with van der Waals surface area (Å²) in [6.07, 6.45) is 1.96. The lowest BCUT2D eigenvalue weighted by Gasteiger charge is -2.19. The van der Waals surface area contributed by atoms with Gasteiger partial charge < -0.3 is 9.88 Å². The average molecular weight is 181 g/mol. The standard InChI is InChI=1S/C10H19N3/c1-10(2,3)8-6-12-9(7-11-4)13(8)5/h6,11H,7H2,1-5H3. The minimum atomic E-state index is 0.174. The lowest BCUT2D eigenvalue weighted by molar-refractivity contribution is 0.534. The normalized spacial score (nSPS) is 12.1. The van der Waals surface area contributed by atoms with E-state index in [4.69, 9.17) is 0 Å². The Labute approximate surface area is 80.2 Å². The number of hydrogen-bond donors (Lipinski definition) is 1. The van der Waals surface area contributed by atoms with Crippen LogP contribution in [-0.4, -0.2) is 16.6 Å². The van der Waals surface area contributed by atoms with Crippen LogP contribution in [0.4, 0.5) is 0 Å². The highest BCUT2D eigenvalue weighted by Gasteiger charge is 2.19. The Hall–Kier alpha value is -0.830. The maximum atomic E-state index is 4.37. The van der Waals surface area contributed by atoms with Crippen LogP contribution in [0, 0.1) is 0 Å². The molecule has 3 heteroatoms. The fourth-order valence-corrected chi connectivity index (χ4v) is 1.47.